The molecule has 2 heterocycles. The number of rotatable bonds is 10. The van der Waals surface area contributed by atoms with Gasteiger partial charge in [-0.1, -0.05) is 62.7 Å². The largest absolute Gasteiger partial charge is 0.329 e. The SMILES string of the molecule is CCCCc1c(C=O)n(CCC)c(=O)n1Cc1ccc(-c2ccccc2)c(-c2nn[nH]n2)c1. The van der Waals surface area contributed by atoms with Crippen LogP contribution < -0.4 is 5.69 Å². The summed E-state index contributed by atoms with van der Waals surface area (Å²) in [6.07, 6.45) is 4.19. The molecule has 0 aliphatic heterocycles. The predicted molar refractivity (Wildman–Crippen MR) is 127 cm³/mol. The van der Waals surface area contributed by atoms with Crippen LogP contribution in [-0.4, -0.2) is 36.0 Å². The van der Waals surface area contributed by atoms with E-state index in [1.165, 1.54) is 0 Å². The fourth-order valence-electron chi connectivity index (χ4n) is 4.20. The molecular weight excluding hydrogens is 416 g/mol. The number of hydrogen-bond donors (Lipinski definition) is 1. The lowest BCUT2D eigenvalue weighted by atomic mass is 9.97. The van der Waals surface area contributed by atoms with E-state index in [1.54, 1.807) is 9.13 Å². The number of carbonyl (C=O) groups is 1. The predicted octanol–water partition coefficient (Wildman–Crippen LogP) is 4.11. The first kappa shape index (κ1) is 22.4. The normalized spacial score (nSPS) is 11.1. The van der Waals surface area contributed by atoms with Gasteiger partial charge in [-0.2, -0.15) is 5.21 Å². The van der Waals surface area contributed by atoms with Crippen molar-refractivity contribution in [2.45, 2.75) is 52.6 Å². The van der Waals surface area contributed by atoms with Gasteiger partial charge in [0.05, 0.1) is 12.2 Å². The molecule has 170 valence electrons. The minimum Gasteiger partial charge on any atom is -0.296 e. The molecule has 0 saturated heterocycles. The fraction of sp³-hybridized carbons (Fsp3) is 0.320. The Hall–Kier alpha value is -3.81. The Kier molecular flexibility index (Phi) is 6.92. The summed E-state index contributed by atoms with van der Waals surface area (Å²) >= 11 is 0. The van der Waals surface area contributed by atoms with Crippen molar-refractivity contribution in [1.29, 1.82) is 0 Å². The number of imidazole rings is 1. The minimum atomic E-state index is -0.140. The van der Waals surface area contributed by atoms with Crippen molar-refractivity contribution in [2.24, 2.45) is 0 Å². The van der Waals surface area contributed by atoms with Crippen LogP contribution in [0.3, 0.4) is 0 Å². The number of nitrogens with one attached hydrogen (secondary N) is 1. The topological polar surface area (TPSA) is 98.5 Å². The van der Waals surface area contributed by atoms with Crippen LogP contribution in [-0.2, 0) is 19.5 Å². The highest BCUT2D eigenvalue weighted by atomic mass is 16.2. The molecule has 0 aliphatic rings. The van der Waals surface area contributed by atoms with Crippen LogP contribution >= 0.6 is 0 Å². The summed E-state index contributed by atoms with van der Waals surface area (Å²) in [5.41, 5.74) is 4.95. The van der Waals surface area contributed by atoms with Gasteiger partial charge in [0.2, 0.25) is 5.82 Å². The summed E-state index contributed by atoms with van der Waals surface area (Å²) < 4.78 is 3.35. The molecule has 0 fully saturated rings. The Labute approximate surface area is 192 Å². The summed E-state index contributed by atoms with van der Waals surface area (Å²) in [4.78, 5) is 25.2. The molecule has 2 aromatic heterocycles. The molecule has 0 spiro atoms. The maximum Gasteiger partial charge on any atom is 0.329 e. The lowest BCUT2D eigenvalue weighted by molar-refractivity contribution is 0.111. The second-order valence-electron chi connectivity index (χ2n) is 8.06. The first-order valence-electron chi connectivity index (χ1n) is 11.4. The summed E-state index contributed by atoms with van der Waals surface area (Å²) in [5.74, 6) is 0.492. The molecule has 0 saturated carbocycles. The molecule has 0 aliphatic carbocycles. The van der Waals surface area contributed by atoms with E-state index in [4.69, 9.17) is 0 Å². The fourth-order valence-corrected chi connectivity index (χ4v) is 4.20. The standard InChI is InChI=1S/C25H28N6O2/c1-3-5-11-22-23(17-32)30(14-4-2)25(33)31(22)16-18-12-13-20(19-9-7-6-8-10-19)21(15-18)24-26-28-29-27-24/h6-10,12-13,15,17H,3-5,11,14,16H2,1-2H3,(H,26,27,28,29). The van der Waals surface area contributed by atoms with Crippen molar-refractivity contribution in [2.75, 3.05) is 0 Å². The van der Waals surface area contributed by atoms with Gasteiger partial charge in [0, 0.05) is 12.1 Å². The highest BCUT2D eigenvalue weighted by molar-refractivity contribution is 5.81. The lowest BCUT2D eigenvalue weighted by Crippen LogP contribution is -2.26. The lowest BCUT2D eigenvalue weighted by Gasteiger charge is -2.12. The van der Waals surface area contributed by atoms with Gasteiger partial charge in [0.15, 0.2) is 6.29 Å². The zero-order valence-electron chi connectivity index (χ0n) is 19.0. The third kappa shape index (κ3) is 4.55. The summed E-state index contributed by atoms with van der Waals surface area (Å²) in [5, 5.41) is 14.6. The van der Waals surface area contributed by atoms with E-state index in [2.05, 4.69) is 27.5 Å². The van der Waals surface area contributed by atoms with Gasteiger partial charge in [0.25, 0.3) is 0 Å². The number of unbranched alkanes of at least 4 members (excludes halogenated alkanes) is 1. The second-order valence-corrected chi connectivity index (χ2v) is 8.06. The van der Waals surface area contributed by atoms with Gasteiger partial charge in [-0.3, -0.25) is 13.9 Å². The first-order chi connectivity index (χ1) is 16.2. The van der Waals surface area contributed by atoms with Gasteiger partial charge < -0.3 is 0 Å². The number of carbonyl (C=O) groups excluding carboxylic acids is 1. The third-order valence-corrected chi connectivity index (χ3v) is 5.80. The maximum atomic E-state index is 13.3. The van der Waals surface area contributed by atoms with E-state index in [1.807, 2.05) is 55.5 Å². The molecule has 8 heteroatoms. The molecule has 33 heavy (non-hydrogen) atoms. The number of H-pyrrole nitrogens is 1. The molecule has 2 aromatic carbocycles. The quantitative estimate of drug-likeness (QED) is 0.371. The Morgan fingerprint density at radius 1 is 1.00 bits per heavy atom. The van der Waals surface area contributed by atoms with E-state index < -0.39 is 0 Å². The van der Waals surface area contributed by atoms with Crippen molar-refractivity contribution in [3.8, 4) is 22.5 Å². The van der Waals surface area contributed by atoms with Crippen LogP contribution in [0.5, 0.6) is 0 Å². The van der Waals surface area contributed by atoms with Gasteiger partial charge in [0.1, 0.15) is 5.69 Å². The van der Waals surface area contributed by atoms with Crippen molar-refractivity contribution < 1.29 is 4.79 Å². The van der Waals surface area contributed by atoms with Gasteiger partial charge in [-0.25, -0.2) is 4.79 Å². The van der Waals surface area contributed by atoms with E-state index in [9.17, 15) is 9.59 Å². The molecule has 0 amide bonds. The number of tetrazole rings is 1. The second kappa shape index (κ2) is 10.2. The molecule has 4 rings (SSSR count). The van der Waals surface area contributed by atoms with E-state index in [0.29, 0.717) is 31.0 Å². The number of aldehydes is 1. The van der Waals surface area contributed by atoms with Crippen LogP contribution in [0.4, 0.5) is 0 Å². The molecule has 1 N–H and O–H groups in total. The van der Waals surface area contributed by atoms with Crippen LogP contribution in [0, 0.1) is 0 Å². The third-order valence-electron chi connectivity index (χ3n) is 5.80. The van der Waals surface area contributed by atoms with Crippen molar-refractivity contribution >= 4 is 6.29 Å². The summed E-state index contributed by atoms with van der Waals surface area (Å²) in [6.45, 7) is 5.00. The van der Waals surface area contributed by atoms with Gasteiger partial charge in [-0.05, 0) is 47.2 Å². The number of aromatic amines is 1. The van der Waals surface area contributed by atoms with E-state index in [0.717, 1.165) is 53.5 Å². The average molecular weight is 445 g/mol. The van der Waals surface area contributed by atoms with Crippen LogP contribution in [0.15, 0.2) is 53.3 Å². The molecule has 0 radical (unpaired) electrons. The van der Waals surface area contributed by atoms with Crippen LogP contribution in [0.25, 0.3) is 22.5 Å². The summed E-state index contributed by atoms with van der Waals surface area (Å²) in [6, 6.07) is 16.1. The van der Waals surface area contributed by atoms with Crippen molar-refractivity contribution in [3.63, 3.8) is 0 Å². The maximum absolute atomic E-state index is 13.3. The zero-order valence-corrected chi connectivity index (χ0v) is 19.0. The monoisotopic (exact) mass is 444 g/mol. The van der Waals surface area contributed by atoms with Gasteiger partial charge >= 0.3 is 5.69 Å². The number of hydrogen-bond acceptors (Lipinski definition) is 5. The highest BCUT2D eigenvalue weighted by Gasteiger charge is 2.20. The molecule has 0 bridgehead atoms. The Bertz CT molecular complexity index is 1270. The zero-order chi connectivity index (χ0) is 23.2. The summed E-state index contributed by atoms with van der Waals surface area (Å²) in [7, 11) is 0. The molecular formula is C25H28N6O2. The van der Waals surface area contributed by atoms with Crippen molar-refractivity contribution in [1.82, 2.24) is 29.8 Å². The average Bonchev–Trinajstić information content (AvgIpc) is 3.47. The number of aromatic nitrogens is 6. The Balaban J connectivity index is 1.81. The van der Waals surface area contributed by atoms with Crippen molar-refractivity contribution in [3.05, 3.63) is 76.0 Å². The van der Waals surface area contributed by atoms with E-state index in [-0.39, 0.29) is 5.69 Å². The minimum absolute atomic E-state index is 0.140. The molecule has 0 unspecified atom stereocenters. The number of benzene rings is 2. The molecule has 4 aromatic rings. The van der Waals surface area contributed by atoms with Crippen LogP contribution in [0.1, 0.15) is 54.9 Å². The smallest absolute Gasteiger partial charge is 0.296 e. The van der Waals surface area contributed by atoms with Crippen LogP contribution in [0.2, 0.25) is 0 Å². The Morgan fingerprint density at radius 3 is 2.48 bits per heavy atom. The highest BCUT2D eigenvalue weighted by Crippen LogP contribution is 2.31. The van der Waals surface area contributed by atoms with Gasteiger partial charge in [-0.15, -0.1) is 10.2 Å². The molecule has 8 nitrogen and oxygen atoms in total. The number of nitrogens with zero attached hydrogens (tertiary/aromatic N) is 5. The van der Waals surface area contributed by atoms with E-state index >= 15 is 0 Å². The first-order valence-corrected chi connectivity index (χ1v) is 11.4. The molecule has 0 atom stereocenters. The Morgan fingerprint density at radius 2 is 1.82 bits per heavy atom.